The Morgan fingerprint density at radius 3 is 2.61 bits per heavy atom. The molecular formula is C13H10ClIN2S. The van der Waals surface area contributed by atoms with E-state index in [-0.39, 0.29) is 4.99 Å². The molecule has 2 rings (SSSR count). The highest BCUT2D eigenvalue weighted by atomic mass is 127. The fourth-order valence-corrected chi connectivity index (χ4v) is 2.70. The molecule has 0 fully saturated rings. The zero-order chi connectivity index (χ0) is 13.1. The van der Waals surface area contributed by atoms with Gasteiger partial charge in [-0.3, -0.25) is 0 Å². The van der Waals surface area contributed by atoms with E-state index in [0.717, 1.165) is 14.9 Å². The average Bonchev–Trinajstić information content (AvgIpc) is 2.28. The largest absolute Gasteiger partial charge is 0.389 e. The van der Waals surface area contributed by atoms with E-state index in [9.17, 15) is 0 Å². The highest BCUT2D eigenvalue weighted by Crippen LogP contribution is 2.27. The van der Waals surface area contributed by atoms with E-state index in [2.05, 4.69) is 27.9 Å². The third kappa shape index (κ3) is 3.13. The van der Waals surface area contributed by atoms with Gasteiger partial charge in [0.2, 0.25) is 0 Å². The fraction of sp³-hybridized carbons (Fsp3) is 0. The van der Waals surface area contributed by atoms with Crippen LogP contribution in [0.3, 0.4) is 0 Å². The molecule has 2 aromatic rings. The number of anilines is 2. The molecule has 0 aliphatic carbocycles. The minimum Gasteiger partial charge on any atom is -0.389 e. The molecule has 0 aliphatic heterocycles. The van der Waals surface area contributed by atoms with E-state index in [1.807, 2.05) is 36.4 Å². The Hall–Kier alpha value is -0.850. The van der Waals surface area contributed by atoms with Gasteiger partial charge in [-0.25, -0.2) is 0 Å². The van der Waals surface area contributed by atoms with Gasteiger partial charge < -0.3 is 11.1 Å². The third-order valence-electron chi connectivity index (χ3n) is 2.36. The zero-order valence-electron chi connectivity index (χ0n) is 9.28. The van der Waals surface area contributed by atoms with Crippen LogP contribution in [0.5, 0.6) is 0 Å². The molecule has 0 saturated heterocycles. The molecule has 0 aromatic heterocycles. The predicted molar refractivity (Wildman–Crippen MR) is 89.8 cm³/mol. The second kappa shape index (κ2) is 5.86. The van der Waals surface area contributed by atoms with Crippen LogP contribution < -0.4 is 11.1 Å². The standard InChI is InChI=1S/C13H10ClIN2S/c14-10-5-2-6-11(12(10)13(16)18)17-9-4-1-3-8(15)7-9/h1-7,17H,(H2,16,18). The van der Waals surface area contributed by atoms with Crippen molar-refractivity contribution in [2.45, 2.75) is 0 Å². The first-order valence-electron chi connectivity index (χ1n) is 5.19. The van der Waals surface area contributed by atoms with Gasteiger partial charge in [0, 0.05) is 9.26 Å². The van der Waals surface area contributed by atoms with Crippen molar-refractivity contribution in [3.05, 3.63) is 56.6 Å². The summed E-state index contributed by atoms with van der Waals surface area (Å²) in [5.74, 6) is 0. The Morgan fingerprint density at radius 1 is 1.22 bits per heavy atom. The number of hydrogen-bond donors (Lipinski definition) is 2. The number of nitrogens with one attached hydrogen (secondary N) is 1. The molecule has 5 heteroatoms. The maximum absolute atomic E-state index is 6.11. The monoisotopic (exact) mass is 388 g/mol. The maximum Gasteiger partial charge on any atom is 0.107 e. The summed E-state index contributed by atoms with van der Waals surface area (Å²) in [7, 11) is 0. The van der Waals surface area contributed by atoms with Gasteiger partial charge in [0.05, 0.1) is 16.3 Å². The van der Waals surface area contributed by atoms with E-state index in [1.165, 1.54) is 0 Å². The Morgan fingerprint density at radius 2 is 1.94 bits per heavy atom. The molecule has 0 radical (unpaired) electrons. The maximum atomic E-state index is 6.11. The lowest BCUT2D eigenvalue weighted by Crippen LogP contribution is -2.12. The Labute approximate surface area is 130 Å². The summed E-state index contributed by atoms with van der Waals surface area (Å²) in [6.45, 7) is 0. The number of halogens is 2. The lowest BCUT2D eigenvalue weighted by atomic mass is 10.1. The lowest BCUT2D eigenvalue weighted by Gasteiger charge is -2.12. The molecule has 0 amide bonds. The van der Waals surface area contributed by atoms with Crippen LogP contribution in [-0.2, 0) is 0 Å². The molecule has 2 aromatic carbocycles. The number of benzene rings is 2. The number of hydrogen-bond acceptors (Lipinski definition) is 2. The van der Waals surface area contributed by atoms with Gasteiger partial charge in [-0.1, -0.05) is 36.0 Å². The number of thiocarbonyl (C=S) groups is 1. The zero-order valence-corrected chi connectivity index (χ0v) is 13.0. The summed E-state index contributed by atoms with van der Waals surface area (Å²) in [4.78, 5) is 0.286. The van der Waals surface area contributed by atoms with Crippen molar-refractivity contribution in [1.29, 1.82) is 0 Å². The van der Waals surface area contributed by atoms with Gasteiger partial charge in [-0.05, 0) is 52.9 Å². The minimum atomic E-state index is 0.286. The molecule has 2 nitrogen and oxygen atoms in total. The van der Waals surface area contributed by atoms with Crippen LogP contribution in [0.2, 0.25) is 5.02 Å². The summed E-state index contributed by atoms with van der Waals surface area (Å²) in [6.07, 6.45) is 0. The summed E-state index contributed by atoms with van der Waals surface area (Å²) in [5, 5.41) is 3.83. The first-order chi connectivity index (χ1) is 8.58. The van der Waals surface area contributed by atoms with Crippen molar-refractivity contribution in [2.24, 2.45) is 5.73 Å². The first kappa shape index (κ1) is 13.6. The van der Waals surface area contributed by atoms with Gasteiger partial charge in [-0.2, -0.15) is 0 Å². The van der Waals surface area contributed by atoms with Crippen molar-refractivity contribution in [3.8, 4) is 0 Å². The van der Waals surface area contributed by atoms with Gasteiger partial charge in [0.1, 0.15) is 4.99 Å². The Kier molecular flexibility index (Phi) is 4.42. The molecule has 18 heavy (non-hydrogen) atoms. The van der Waals surface area contributed by atoms with Crippen LogP contribution in [0.15, 0.2) is 42.5 Å². The topological polar surface area (TPSA) is 38.0 Å². The number of nitrogens with two attached hydrogens (primary N) is 1. The van der Waals surface area contributed by atoms with E-state index < -0.39 is 0 Å². The highest BCUT2D eigenvalue weighted by Gasteiger charge is 2.09. The van der Waals surface area contributed by atoms with Gasteiger partial charge in [0.15, 0.2) is 0 Å². The second-order valence-corrected chi connectivity index (χ2v) is 5.75. The van der Waals surface area contributed by atoms with Crippen LogP contribution in [-0.4, -0.2) is 4.99 Å². The highest BCUT2D eigenvalue weighted by molar-refractivity contribution is 14.1. The molecule has 0 heterocycles. The van der Waals surface area contributed by atoms with Gasteiger partial charge in [-0.15, -0.1) is 0 Å². The molecule has 3 N–H and O–H groups in total. The first-order valence-corrected chi connectivity index (χ1v) is 7.05. The van der Waals surface area contributed by atoms with Crippen molar-refractivity contribution in [3.63, 3.8) is 0 Å². The fourth-order valence-electron chi connectivity index (χ4n) is 1.60. The van der Waals surface area contributed by atoms with E-state index in [0.29, 0.717) is 10.6 Å². The molecule has 92 valence electrons. The summed E-state index contributed by atoms with van der Waals surface area (Å²) >= 11 is 13.4. The molecule has 0 unspecified atom stereocenters. The Bertz CT molecular complexity index is 601. The predicted octanol–water partition coefficient (Wildman–Crippen LogP) is 4.32. The summed E-state index contributed by atoms with van der Waals surface area (Å²) < 4.78 is 1.15. The van der Waals surface area contributed by atoms with E-state index in [1.54, 1.807) is 6.07 Å². The lowest BCUT2D eigenvalue weighted by molar-refractivity contribution is 1.51. The average molecular weight is 389 g/mol. The summed E-state index contributed by atoms with van der Waals surface area (Å²) in [6, 6.07) is 13.6. The van der Waals surface area contributed by atoms with Crippen LogP contribution in [0.4, 0.5) is 11.4 Å². The third-order valence-corrected chi connectivity index (χ3v) is 3.55. The molecule has 0 atom stereocenters. The summed E-state index contributed by atoms with van der Waals surface area (Å²) in [5.41, 5.74) is 8.17. The molecule has 0 bridgehead atoms. The molecule has 0 spiro atoms. The van der Waals surface area contributed by atoms with E-state index in [4.69, 9.17) is 29.6 Å². The second-order valence-electron chi connectivity index (χ2n) is 3.66. The normalized spacial score (nSPS) is 10.1. The van der Waals surface area contributed by atoms with E-state index >= 15 is 0 Å². The van der Waals surface area contributed by atoms with Crippen LogP contribution >= 0.6 is 46.4 Å². The number of rotatable bonds is 3. The van der Waals surface area contributed by atoms with Crippen molar-refractivity contribution < 1.29 is 0 Å². The van der Waals surface area contributed by atoms with Gasteiger partial charge in [0.25, 0.3) is 0 Å². The van der Waals surface area contributed by atoms with Crippen LogP contribution in [0.1, 0.15) is 5.56 Å². The molecular weight excluding hydrogens is 379 g/mol. The molecule has 0 aliphatic rings. The van der Waals surface area contributed by atoms with Crippen molar-refractivity contribution in [1.82, 2.24) is 0 Å². The van der Waals surface area contributed by atoms with Crippen LogP contribution in [0.25, 0.3) is 0 Å². The quantitative estimate of drug-likeness (QED) is 0.607. The minimum absolute atomic E-state index is 0.286. The van der Waals surface area contributed by atoms with Crippen molar-refractivity contribution in [2.75, 3.05) is 5.32 Å². The SMILES string of the molecule is NC(=S)c1c(Cl)cccc1Nc1cccc(I)c1. The van der Waals surface area contributed by atoms with Gasteiger partial charge >= 0.3 is 0 Å². The van der Waals surface area contributed by atoms with Crippen LogP contribution in [0, 0.1) is 3.57 Å². The molecule has 0 saturated carbocycles. The smallest absolute Gasteiger partial charge is 0.107 e. The van der Waals surface area contributed by atoms with Crippen molar-refractivity contribution >= 4 is 62.8 Å². The Balaban J connectivity index is 2.40.